The van der Waals surface area contributed by atoms with Crippen LogP contribution < -0.4 is 5.32 Å². The van der Waals surface area contributed by atoms with Crippen molar-refractivity contribution < 1.29 is 9.21 Å². The molecule has 2 rings (SSSR count). The lowest BCUT2D eigenvalue weighted by molar-refractivity contribution is 0.177. The Hall–Kier alpha value is -1.75. The van der Waals surface area contributed by atoms with Crippen LogP contribution in [0.5, 0.6) is 0 Å². The first kappa shape index (κ1) is 17.6. The number of rotatable bonds is 6. The quantitative estimate of drug-likeness (QED) is 0.819. The van der Waals surface area contributed by atoms with E-state index in [1.165, 1.54) is 5.57 Å². The van der Waals surface area contributed by atoms with E-state index in [1.54, 1.807) is 12.5 Å². The van der Waals surface area contributed by atoms with Gasteiger partial charge < -0.3 is 14.6 Å². The molecule has 1 aliphatic rings. The summed E-state index contributed by atoms with van der Waals surface area (Å²) >= 11 is 0. The van der Waals surface area contributed by atoms with Crippen LogP contribution in [0.3, 0.4) is 0 Å². The molecule has 0 spiro atoms. The van der Waals surface area contributed by atoms with Crippen molar-refractivity contribution in [2.45, 2.75) is 46.2 Å². The van der Waals surface area contributed by atoms with E-state index < -0.39 is 0 Å². The van der Waals surface area contributed by atoms with Gasteiger partial charge in [-0.25, -0.2) is 4.79 Å². The lowest BCUT2D eigenvalue weighted by Crippen LogP contribution is -2.49. The fourth-order valence-electron chi connectivity index (χ4n) is 2.77. The molecule has 5 heteroatoms. The van der Waals surface area contributed by atoms with Crippen molar-refractivity contribution in [1.29, 1.82) is 0 Å². The predicted octanol–water partition coefficient (Wildman–Crippen LogP) is 3.24. The van der Waals surface area contributed by atoms with E-state index in [0.29, 0.717) is 13.1 Å². The first-order valence-electron chi connectivity index (χ1n) is 8.50. The zero-order valence-corrected chi connectivity index (χ0v) is 14.5. The first-order chi connectivity index (χ1) is 11.1. The van der Waals surface area contributed by atoms with Gasteiger partial charge in [0.15, 0.2) is 0 Å². The highest BCUT2D eigenvalue weighted by Crippen LogP contribution is 2.12. The van der Waals surface area contributed by atoms with Gasteiger partial charge in [0, 0.05) is 37.8 Å². The Bertz CT molecular complexity index is 498. The number of hydrogen-bond acceptors (Lipinski definition) is 3. The molecule has 1 fully saturated rings. The Morgan fingerprint density at radius 3 is 2.74 bits per heavy atom. The van der Waals surface area contributed by atoms with Crippen LogP contribution in [-0.2, 0) is 6.54 Å². The average Bonchev–Trinajstić information content (AvgIpc) is 3.05. The molecule has 0 aliphatic carbocycles. The van der Waals surface area contributed by atoms with E-state index in [1.807, 2.05) is 17.9 Å². The zero-order chi connectivity index (χ0) is 16.7. The molecule has 0 saturated carbocycles. The predicted molar refractivity (Wildman–Crippen MR) is 92.2 cm³/mol. The highest BCUT2D eigenvalue weighted by atomic mass is 16.3. The molecule has 0 unspecified atom stereocenters. The average molecular weight is 319 g/mol. The van der Waals surface area contributed by atoms with Crippen LogP contribution >= 0.6 is 0 Å². The van der Waals surface area contributed by atoms with Crippen LogP contribution in [0.15, 0.2) is 34.7 Å². The van der Waals surface area contributed by atoms with Crippen LogP contribution in [0.1, 0.15) is 39.2 Å². The lowest BCUT2D eigenvalue weighted by Gasteiger charge is -2.33. The maximum atomic E-state index is 12.4. The molecule has 2 amide bonds. The van der Waals surface area contributed by atoms with Gasteiger partial charge in [-0.1, -0.05) is 11.6 Å². The number of piperidine rings is 1. The van der Waals surface area contributed by atoms with Crippen LogP contribution in [-0.4, -0.2) is 48.1 Å². The van der Waals surface area contributed by atoms with E-state index in [2.05, 4.69) is 30.1 Å². The number of hydrogen-bond donors (Lipinski definition) is 1. The number of carbonyl (C=O) groups excluding carboxylic acids is 1. The zero-order valence-electron chi connectivity index (χ0n) is 14.5. The van der Waals surface area contributed by atoms with Crippen molar-refractivity contribution in [3.8, 4) is 0 Å². The fraction of sp³-hybridized carbons (Fsp3) is 0.611. The summed E-state index contributed by atoms with van der Waals surface area (Å²) < 4.78 is 5.07. The molecule has 23 heavy (non-hydrogen) atoms. The summed E-state index contributed by atoms with van der Waals surface area (Å²) in [6, 6.07) is 2.21. The molecule has 0 bridgehead atoms. The van der Waals surface area contributed by atoms with Crippen molar-refractivity contribution in [3.63, 3.8) is 0 Å². The molecule has 0 atom stereocenters. The minimum Gasteiger partial charge on any atom is -0.472 e. The van der Waals surface area contributed by atoms with Crippen molar-refractivity contribution in [2.75, 3.05) is 26.2 Å². The van der Waals surface area contributed by atoms with E-state index in [9.17, 15) is 4.79 Å². The van der Waals surface area contributed by atoms with Crippen LogP contribution in [0.2, 0.25) is 0 Å². The Labute approximate surface area is 139 Å². The molecule has 1 saturated heterocycles. The van der Waals surface area contributed by atoms with Gasteiger partial charge in [-0.3, -0.25) is 4.90 Å². The standard InChI is InChI=1S/C18H29N3O2/c1-4-21(13-16-8-12-23-14-16)18(22)19-17-6-10-20(11-7-17)9-5-15(2)3/h5,8,12,14,17H,4,6-7,9-11,13H2,1-3H3,(H,19,22). The molecule has 0 aromatic carbocycles. The normalized spacial score (nSPS) is 16.1. The van der Waals surface area contributed by atoms with Gasteiger partial charge in [0.1, 0.15) is 0 Å². The Morgan fingerprint density at radius 1 is 1.43 bits per heavy atom. The van der Waals surface area contributed by atoms with Crippen molar-refractivity contribution >= 4 is 6.03 Å². The van der Waals surface area contributed by atoms with E-state index in [-0.39, 0.29) is 12.1 Å². The summed E-state index contributed by atoms with van der Waals surface area (Å²) in [6.07, 6.45) is 7.64. The number of urea groups is 1. The van der Waals surface area contributed by atoms with Gasteiger partial charge in [0.05, 0.1) is 19.1 Å². The van der Waals surface area contributed by atoms with Gasteiger partial charge >= 0.3 is 6.03 Å². The molecule has 2 heterocycles. The number of amides is 2. The molecule has 1 aliphatic heterocycles. The Morgan fingerprint density at radius 2 is 2.17 bits per heavy atom. The van der Waals surface area contributed by atoms with Crippen LogP contribution in [0.4, 0.5) is 4.79 Å². The number of nitrogens with zero attached hydrogens (tertiary/aromatic N) is 2. The number of nitrogens with one attached hydrogen (secondary N) is 1. The third-order valence-electron chi connectivity index (χ3n) is 4.30. The number of likely N-dealkylation sites (tertiary alicyclic amines) is 1. The van der Waals surface area contributed by atoms with Gasteiger partial charge in [-0.2, -0.15) is 0 Å². The third-order valence-corrected chi connectivity index (χ3v) is 4.30. The molecule has 1 aromatic rings. The van der Waals surface area contributed by atoms with Crippen LogP contribution in [0.25, 0.3) is 0 Å². The summed E-state index contributed by atoms with van der Waals surface area (Å²) in [5.41, 5.74) is 2.39. The smallest absolute Gasteiger partial charge is 0.317 e. The first-order valence-corrected chi connectivity index (χ1v) is 8.50. The van der Waals surface area contributed by atoms with Gasteiger partial charge in [-0.15, -0.1) is 0 Å². The Kier molecular flexibility index (Phi) is 6.71. The maximum absolute atomic E-state index is 12.4. The minimum absolute atomic E-state index is 0.0245. The topological polar surface area (TPSA) is 48.7 Å². The third kappa shape index (κ3) is 5.75. The summed E-state index contributed by atoms with van der Waals surface area (Å²) in [4.78, 5) is 16.7. The van der Waals surface area contributed by atoms with E-state index >= 15 is 0 Å². The molecule has 0 radical (unpaired) electrons. The summed E-state index contributed by atoms with van der Waals surface area (Å²) in [5, 5.41) is 3.18. The SMILES string of the molecule is CCN(Cc1ccoc1)C(=O)NC1CCN(CC=C(C)C)CC1. The second-order valence-electron chi connectivity index (χ2n) is 6.45. The molecule has 1 aromatic heterocycles. The lowest BCUT2D eigenvalue weighted by atomic mass is 10.1. The fourth-order valence-corrected chi connectivity index (χ4v) is 2.77. The maximum Gasteiger partial charge on any atom is 0.317 e. The van der Waals surface area contributed by atoms with E-state index in [0.717, 1.165) is 38.0 Å². The second kappa shape index (κ2) is 8.77. The molecule has 128 valence electrons. The Balaban J connectivity index is 1.76. The highest BCUT2D eigenvalue weighted by Gasteiger charge is 2.22. The number of carbonyl (C=O) groups is 1. The largest absolute Gasteiger partial charge is 0.472 e. The summed E-state index contributed by atoms with van der Waals surface area (Å²) in [5.74, 6) is 0. The van der Waals surface area contributed by atoms with Crippen molar-refractivity contribution in [3.05, 3.63) is 35.8 Å². The summed E-state index contributed by atoms with van der Waals surface area (Å²) in [6.45, 7) is 10.7. The minimum atomic E-state index is 0.0245. The highest BCUT2D eigenvalue weighted by molar-refractivity contribution is 5.74. The monoisotopic (exact) mass is 319 g/mol. The van der Waals surface area contributed by atoms with Gasteiger partial charge in [0.25, 0.3) is 0 Å². The number of allylic oxidation sites excluding steroid dienone is 1. The van der Waals surface area contributed by atoms with E-state index in [4.69, 9.17) is 4.42 Å². The molecular formula is C18H29N3O2. The van der Waals surface area contributed by atoms with Gasteiger partial charge in [-0.05, 0) is 39.7 Å². The van der Waals surface area contributed by atoms with Crippen LogP contribution in [0, 0.1) is 0 Å². The van der Waals surface area contributed by atoms with Crippen molar-refractivity contribution in [2.24, 2.45) is 0 Å². The summed E-state index contributed by atoms with van der Waals surface area (Å²) in [7, 11) is 0. The molecule has 5 nitrogen and oxygen atoms in total. The second-order valence-corrected chi connectivity index (χ2v) is 6.45. The van der Waals surface area contributed by atoms with Crippen molar-refractivity contribution in [1.82, 2.24) is 15.1 Å². The number of furan rings is 1. The molecule has 1 N–H and O–H groups in total. The molecular weight excluding hydrogens is 290 g/mol. The van der Waals surface area contributed by atoms with Gasteiger partial charge in [0.2, 0.25) is 0 Å².